The summed E-state index contributed by atoms with van der Waals surface area (Å²) >= 11 is 0. The van der Waals surface area contributed by atoms with Gasteiger partial charge in [0.05, 0.1) is 12.3 Å². The zero-order valence-electron chi connectivity index (χ0n) is 7.65. The SMILES string of the molecule is CO[C@H](C#N)Cc1cn[nH]c1NC=O. The maximum absolute atomic E-state index is 10.2. The largest absolute Gasteiger partial charge is 0.366 e. The number of amides is 1. The van der Waals surface area contributed by atoms with Crippen molar-refractivity contribution in [3.05, 3.63) is 11.8 Å². The van der Waals surface area contributed by atoms with Gasteiger partial charge < -0.3 is 10.1 Å². The molecule has 2 N–H and O–H groups in total. The molecular weight excluding hydrogens is 184 g/mol. The molecule has 74 valence electrons. The molecule has 0 unspecified atom stereocenters. The number of hydrogen-bond donors (Lipinski definition) is 2. The molecule has 0 aliphatic heterocycles. The van der Waals surface area contributed by atoms with E-state index in [9.17, 15) is 4.79 Å². The molecule has 1 atom stereocenters. The summed E-state index contributed by atoms with van der Waals surface area (Å²) in [5.74, 6) is 0.498. The van der Waals surface area contributed by atoms with Gasteiger partial charge in [-0.15, -0.1) is 0 Å². The van der Waals surface area contributed by atoms with Gasteiger partial charge in [0, 0.05) is 19.1 Å². The Morgan fingerprint density at radius 3 is 3.29 bits per heavy atom. The standard InChI is InChI=1S/C8H10N4O2/c1-14-7(3-9)2-6-4-11-12-8(6)10-5-13/h4-5,7H,2H2,1H3,(H2,10,11,12,13)/t7-/m0/s1. The number of H-pyrrole nitrogens is 1. The van der Waals surface area contributed by atoms with Crippen LogP contribution < -0.4 is 5.32 Å². The third kappa shape index (κ3) is 2.31. The number of carbonyl (C=O) groups is 1. The summed E-state index contributed by atoms with van der Waals surface area (Å²) in [4.78, 5) is 10.2. The van der Waals surface area contributed by atoms with Crippen LogP contribution in [0.5, 0.6) is 0 Å². The summed E-state index contributed by atoms with van der Waals surface area (Å²) in [6, 6.07) is 1.98. The Kier molecular flexibility index (Phi) is 3.64. The summed E-state index contributed by atoms with van der Waals surface area (Å²) in [6.07, 6.45) is 1.96. The minimum Gasteiger partial charge on any atom is -0.366 e. The Bertz CT molecular complexity index is 341. The van der Waals surface area contributed by atoms with Crippen LogP contribution in [0.3, 0.4) is 0 Å². The lowest BCUT2D eigenvalue weighted by atomic mass is 10.1. The Hall–Kier alpha value is -1.87. The van der Waals surface area contributed by atoms with Gasteiger partial charge in [0.25, 0.3) is 0 Å². The average Bonchev–Trinajstić information content (AvgIpc) is 2.62. The predicted octanol–water partition coefficient (Wildman–Crippen LogP) is 0.0591. The highest BCUT2D eigenvalue weighted by Crippen LogP contribution is 2.13. The van der Waals surface area contributed by atoms with Crippen LogP contribution in [0.25, 0.3) is 0 Å². The van der Waals surface area contributed by atoms with Crippen LogP contribution >= 0.6 is 0 Å². The van der Waals surface area contributed by atoms with Gasteiger partial charge in [0.1, 0.15) is 11.9 Å². The number of nitrogens with zero attached hydrogens (tertiary/aromatic N) is 2. The molecule has 1 aromatic rings. The Morgan fingerprint density at radius 1 is 1.93 bits per heavy atom. The van der Waals surface area contributed by atoms with Crippen LogP contribution in [0.1, 0.15) is 5.56 Å². The number of aromatic nitrogens is 2. The zero-order valence-corrected chi connectivity index (χ0v) is 7.65. The fourth-order valence-corrected chi connectivity index (χ4v) is 1.03. The molecule has 0 fully saturated rings. The van der Waals surface area contributed by atoms with Crippen molar-refractivity contribution >= 4 is 12.2 Å². The van der Waals surface area contributed by atoms with E-state index in [0.29, 0.717) is 18.6 Å². The van der Waals surface area contributed by atoms with Crippen LogP contribution in [-0.2, 0) is 16.0 Å². The van der Waals surface area contributed by atoms with Gasteiger partial charge in [-0.2, -0.15) is 10.4 Å². The molecule has 1 aromatic heterocycles. The first-order valence-corrected chi connectivity index (χ1v) is 3.96. The maximum Gasteiger partial charge on any atom is 0.212 e. The number of ether oxygens (including phenoxy) is 1. The highest BCUT2D eigenvalue weighted by Gasteiger charge is 2.11. The highest BCUT2D eigenvalue weighted by molar-refractivity contribution is 5.70. The minimum absolute atomic E-state index is 0.389. The second kappa shape index (κ2) is 4.99. The summed E-state index contributed by atoms with van der Waals surface area (Å²) in [6.45, 7) is 0. The van der Waals surface area contributed by atoms with E-state index in [1.165, 1.54) is 7.11 Å². The van der Waals surface area contributed by atoms with Crippen LogP contribution in [0, 0.1) is 11.3 Å². The quantitative estimate of drug-likeness (QED) is 0.648. The van der Waals surface area contributed by atoms with Gasteiger partial charge in [-0.25, -0.2) is 0 Å². The second-order valence-corrected chi connectivity index (χ2v) is 2.59. The van der Waals surface area contributed by atoms with Crippen molar-refractivity contribution in [3.63, 3.8) is 0 Å². The molecule has 1 heterocycles. The van der Waals surface area contributed by atoms with Crippen molar-refractivity contribution in [1.82, 2.24) is 10.2 Å². The molecule has 0 aliphatic carbocycles. The van der Waals surface area contributed by atoms with Gasteiger partial charge in [-0.1, -0.05) is 0 Å². The van der Waals surface area contributed by atoms with Crippen molar-refractivity contribution < 1.29 is 9.53 Å². The third-order valence-corrected chi connectivity index (χ3v) is 1.75. The Morgan fingerprint density at radius 2 is 2.71 bits per heavy atom. The van der Waals surface area contributed by atoms with Crippen LogP contribution in [-0.4, -0.2) is 29.8 Å². The number of aromatic amines is 1. The Labute approximate surface area is 80.9 Å². The summed E-state index contributed by atoms with van der Waals surface area (Å²) < 4.78 is 4.89. The van der Waals surface area contributed by atoms with Gasteiger partial charge in [0.15, 0.2) is 0 Å². The lowest BCUT2D eigenvalue weighted by Crippen LogP contribution is -2.11. The van der Waals surface area contributed by atoms with E-state index < -0.39 is 6.10 Å². The number of rotatable bonds is 5. The summed E-state index contributed by atoms with van der Waals surface area (Å²) in [5.41, 5.74) is 0.741. The third-order valence-electron chi connectivity index (χ3n) is 1.75. The molecule has 6 nitrogen and oxygen atoms in total. The van der Waals surface area contributed by atoms with Crippen molar-refractivity contribution in [2.75, 3.05) is 12.4 Å². The maximum atomic E-state index is 10.2. The topological polar surface area (TPSA) is 90.8 Å². The molecule has 0 spiro atoms. The number of carbonyl (C=O) groups excluding carboxylic acids is 1. The van der Waals surface area contributed by atoms with E-state index >= 15 is 0 Å². The molecule has 0 saturated heterocycles. The first-order chi connectivity index (χ1) is 6.81. The van der Waals surface area contributed by atoms with Crippen LogP contribution in [0.4, 0.5) is 5.82 Å². The monoisotopic (exact) mass is 194 g/mol. The van der Waals surface area contributed by atoms with Crippen LogP contribution in [0.2, 0.25) is 0 Å². The van der Waals surface area contributed by atoms with Crippen molar-refractivity contribution in [3.8, 4) is 6.07 Å². The van der Waals surface area contributed by atoms with Gasteiger partial charge in [-0.05, 0) is 0 Å². The number of hydrogen-bond acceptors (Lipinski definition) is 4. The minimum atomic E-state index is -0.528. The molecule has 0 radical (unpaired) electrons. The zero-order chi connectivity index (χ0) is 10.4. The first kappa shape index (κ1) is 10.2. The van der Waals surface area contributed by atoms with Crippen molar-refractivity contribution in [2.45, 2.75) is 12.5 Å². The number of nitriles is 1. The van der Waals surface area contributed by atoms with E-state index in [1.54, 1.807) is 6.20 Å². The van der Waals surface area contributed by atoms with Crippen molar-refractivity contribution in [1.29, 1.82) is 5.26 Å². The molecule has 0 aromatic carbocycles. The molecule has 1 amide bonds. The average molecular weight is 194 g/mol. The van der Waals surface area contributed by atoms with E-state index in [1.807, 2.05) is 6.07 Å². The van der Waals surface area contributed by atoms with Gasteiger partial charge in [-0.3, -0.25) is 9.89 Å². The lowest BCUT2D eigenvalue weighted by Gasteiger charge is -2.05. The number of anilines is 1. The normalized spacial score (nSPS) is 11.7. The second-order valence-electron chi connectivity index (χ2n) is 2.59. The summed E-state index contributed by atoms with van der Waals surface area (Å²) in [7, 11) is 1.46. The molecule has 14 heavy (non-hydrogen) atoms. The smallest absolute Gasteiger partial charge is 0.212 e. The fraction of sp³-hybridized carbons (Fsp3) is 0.375. The molecule has 1 rings (SSSR count). The Balaban J connectivity index is 2.70. The van der Waals surface area contributed by atoms with Crippen LogP contribution in [0.15, 0.2) is 6.20 Å². The van der Waals surface area contributed by atoms with E-state index in [2.05, 4.69) is 15.5 Å². The fourth-order valence-electron chi connectivity index (χ4n) is 1.03. The van der Waals surface area contributed by atoms with E-state index in [4.69, 9.17) is 10.00 Å². The molecule has 0 aliphatic rings. The summed E-state index contributed by atoms with van der Waals surface area (Å²) in [5, 5.41) is 17.5. The molecular formula is C8H10N4O2. The van der Waals surface area contributed by atoms with Crippen molar-refractivity contribution in [2.24, 2.45) is 0 Å². The molecule has 6 heteroatoms. The number of methoxy groups -OCH3 is 1. The lowest BCUT2D eigenvalue weighted by molar-refractivity contribution is -0.105. The van der Waals surface area contributed by atoms with E-state index in [0.717, 1.165) is 5.56 Å². The molecule has 0 saturated carbocycles. The number of nitrogens with one attached hydrogen (secondary N) is 2. The van der Waals surface area contributed by atoms with E-state index in [-0.39, 0.29) is 0 Å². The molecule has 0 bridgehead atoms. The van der Waals surface area contributed by atoms with Gasteiger partial charge >= 0.3 is 0 Å². The highest BCUT2D eigenvalue weighted by atomic mass is 16.5. The van der Waals surface area contributed by atoms with Gasteiger partial charge in [0.2, 0.25) is 6.41 Å². The predicted molar refractivity (Wildman–Crippen MR) is 48.4 cm³/mol. The first-order valence-electron chi connectivity index (χ1n) is 3.96.